The summed E-state index contributed by atoms with van der Waals surface area (Å²) in [5, 5.41) is -0.186. The lowest BCUT2D eigenvalue weighted by molar-refractivity contribution is -0.133. The lowest BCUT2D eigenvalue weighted by Crippen LogP contribution is -2.35. The summed E-state index contributed by atoms with van der Waals surface area (Å²) in [6, 6.07) is 1.09. The molecule has 0 unspecified atom stereocenters. The molecule has 1 aromatic heterocycles. The summed E-state index contributed by atoms with van der Waals surface area (Å²) < 4.78 is 22.8. The van der Waals surface area contributed by atoms with Gasteiger partial charge in [0, 0.05) is 25.3 Å². The Morgan fingerprint density at radius 3 is 2.33 bits per heavy atom. The van der Waals surface area contributed by atoms with Crippen molar-refractivity contribution in [2.24, 2.45) is 5.92 Å². The smallest absolute Gasteiger partial charge is 0.200 e. The number of aromatic nitrogens is 1. The summed E-state index contributed by atoms with van der Waals surface area (Å²) in [6.45, 7) is 0. The van der Waals surface area contributed by atoms with Crippen LogP contribution in [-0.2, 0) is 19.4 Å². The monoisotopic (exact) mass is 329 g/mol. The molecule has 0 aromatic carbocycles. The van der Waals surface area contributed by atoms with Gasteiger partial charge in [-0.05, 0) is 12.5 Å². The normalized spacial score (nSPS) is 17.0. The van der Waals surface area contributed by atoms with Crippen molar-refractivity contribution >= 4 is 38.8 Å². The molecule has 1 aliphatic rings. The Morgan fingerprint density at radius 1 is 1.29 bits per heavy atom. The van der Waals surface area contributed by atoms with Crippen LogP contribution in [0.1, 0.15) is 29.8 Å². The van der Waals surface area contributed by atoms with Gasteiger partial charge in [-0.3, -0.25) is 19.4 Å². The Hall–Kier alpha value is -1.60. The van der Waals surface area contributed by atoms with Crippen molar-refractivity contribution in [3.63, 3.8) is 0 Å². The van der Waals surface area contributed by atoms with Crippen LogP contribution in [0.5, 0.6) is 0 Å². The first-order valence-corrected chi connectivity index (χ1v) is 8.44. The summed E-state index contributed by atoms with van der Waals surface area (Å²) in [6.07, 6.45) is 2.75. The molecule has 21 heavy (non-hydrogen) atoms. The molecule has 112 valence electrons. The number of halogens is 1. The number of pyridine rings is 1. The first kappa shape index (κ1) is 15.8. The third-order valence-corrected chi connectivity index (χ3v) is 4.60. The molecule has 0 atom stereocenters. The van der Waals surface area contributed by atoms with Crippen molar-refractivity contribution in [1.82, 2.24) is 4.98 Å². The quantitative estimate of drug-likeness (QED) is 0.611. The Balaban J connectivity index is 2.40. The summed E-state index contributed by atoms with van der Waals surface area (Å²) >= 11 is 5.87. The van der Waals surface area contributed by atoms with Crippen molar-refractivity contribution < 1.29 is 22.8 Å². The van der Waals surface area contributed by atoms with Gasteiger partial charge in [-0.25, -0.2) is 8.42 Å². The van der Waals surface area contributed by atoms with E-state index in [-0.39, 0.29) is 28.5 Å². The third-order valence-electron chi connectivity index (χ3n) is 3.23. The van der Waals surface area contributed by atoms with Gasteiger partial charge in [0.15, 0.2) is 21.4 Å². The van der Waals surface area contributed by atoms with E-state index in [9.17, 15) is 22.8 Å². The minimum atomic E-state index is -3.51. The summed E-state index contributed by atoms with van der Waals surface area (Å²) in [4.78, 5) is 39.4. The van der Waals surface area contributed by atoms with Crippen LogP contribution in [0.4, 0.5) is 0 Å². The highest BCUT2D eigenvalue weighted by Crippen LogP contribution is 2.25. The minimum Gasteiger partial charge on any atom is -0.298 e. The van der Waals surface area contributed by atoms with E-state index in [0.717, 1.165) is 18.5 Å². The molecule has 1 aliphatic carbocycles. The Labute approximate surface area is 126 Å². The van der Waals surface area contributed by atoms with Gasteiger partial charge in [-0.1, -0.05) is 11.6 Å². The molecular weight excluding hydrogens is 318 g/mol. The lowest BCUT2D eigenvalue weighted by Gasteiger charge is -2.18. The van der Waals surface area contributed by atoms with Gasteiger partial charge in [0.2, 0.25) is 5.78 Å². The van der Waals surface area contributed by atoms with Crippen LogP contribution >= 0.6 is 11.6 Å². The molecule has 2 rings (SSSR count). The van der Waals surface area contributed by atoms with Crippen LogP contribution in [0.3, 0.4) is 0 Å². The highest BCUT2D eigenvalue weighted by atomic mass is 35.5. The molecule has 6 nitrogen and oxygen atoms in total. The number of rotatable bonds is 3. The number of carbonyl (C=O) groups excluding carboxylic acids is 3. The van der Waals surface area contributed by atoms with Crippen LogP contribution in [0.25, 0.3) is 0 Å². The van der Waals surface area contributed by atoms with Crippen LogP contribution in [-0.4, -0.2) is 37.0 Å². The number of carbonyl (C=O) groups is 3. The number of hydrogen-bond acceptors (Lipinski definition) is 6. The summed E-state index contributed by atoms with van der Waals surface area (Å²) in [5.41, 5.74) is -0.252. The zero-order valence-corrected chi connectivity index (χ0v) is 12.7. The zero-order valence-electron chi connectivity index (χ0n) is 11.1. The van der Waals surface area contributed by atoms with Crippen LogP contribution < -0.4 is 0 Å². The second-order valence-corrected chi connectivity index (χ2v) is 7.28. The van der Waals surface area contributed by atoms with E-state index >= 15 is 0 Å². The van der Waals surface area contributed by atoms with E-state index in [0.29, 0.717) is 6.42 Å². The second kappa shape index (κ2) is 5.65. The Morgan fingerprint density at radius 2 is 1.86 bits per heavy atom. The maximum atomic E-state index is 12.3. The van der Waals surface area contributed by atoms with E-state index in [1.807, 2.05) is 0 Å². The van der Waals surface area contributed by atoms with Gasteiger partial charge in [-0.15, -0.1) is 0 Å². The van der Waals surface area contributed by atoms with E-state index < -0.39 is 33.1 Å². The predicted molar refractivity (Wildman–Crippen MR) is 74.0 cm³/mol. The standard InChI is InChI=1S/C13H12ClNO5S/c1-21(19,20)7-5-8(14)12(15-6-7)13(18)11-9(16)3-2-4-10(11)17/h5-6,11H,2-4H2,1H3. The highest BCUT2D eigenvalue weighted by molar-refractivity contribution is 7.90. The fraction of sp³-hybridized carbons (Fsp3) is 0.385. The fourth-order valence-corrected chi connectivity index (χ4v) is 3.04. The summed E-state index contributed by atoms with van der Waals surface area (Å²) in [5.74, 6) is -3.02. The van der Waals surface area contributed by atoms with E-state index in [1.165, 1.54) is 0 Å². The Bertz CT molecular complexity index is 725. The van der Waals surface area contributed by atoms with Crippen molar-refractivity contribution in [3.05, 3.63) is 23.0 Å². The first-order valence-electron chi connectivity index (χ1n) is 6.17. The molecule has 0 bridgehead atoms. The largest absolute Gasteiger partial charge is 0.298 e. The lowest BCUT2D eigenvalue weighted by atomic mass is 9.83. The van der Waals surface area contributed by atoms with Gasteiger partial charge in [0.25, 0.3) is 0 Å². The van der Waals surface area contributed by atoms with Gasteiger partial charge >= 0.3 is 0 Å². The molecule has 0 amide bonds. The molecule has 0 spiro atoms. The van der Waals surface area contributed by atoms with Gasteiger partial charge in [-0.2, -0.15) is 0 Å². The van der Waals surface area contributed by atoms with Crippen LogP contribution in [0, 0.1) is 5.92 Å². The number of hydrogen-bond donors (Lipinski definition) is 0. The molecule has 8 heteroatoms. The van der Waals surface area contributed by atoms with Crippen molar-refractivity contribution in [2.45, 2.75) is 24.2 Å². The fourth-order valence-electron chi connectivity index (χ4n) is 2.14. The van der Waals surface area contributed by atoms with Crippen molar-refractivity contribution in [2.75, 3.05) is 6.26 Å². The van der Waals surface area contributed by atoms with Gasteiger partial charge in [0.1, 0.15) is 11.6 Å². The van der Waals surface area contributed by atoms with E-state index in [1.54, 1.807) is 0 Å². The summed E-state index contributed by atoms with van der Waals surface area (Å²) in [7, 11) is -3.51. The second-order valence-electron chi connectivity index (χ2n) is 4.86. The molecule has 1 aromatic rings. The van der Waals surface area contributed by atoms with Crippen LogP contribution in [0.2, 0.25) is 5.02 Å². The maximum Gasteiger partial charge on any atom is 0.200 e. The van der Waals surface area contributed by atoms with Crippen LogP contribution in [0.15, 0.2) is 17.2 Å². The number of ketones is 3. The molecule has 1 fully saturated rings. The molecule has 0 radical (unpaired) electrons. The topological polar surface area (TPSA) is 98.2 Å². The van der Waals surface area contributed by atoms with E-state index in [4.69, 9.17) is 11.6 Å². The average Bonchev–Trinajstić information content (AvgIpc) is 2.37. The van der Waals surface area contributed by atoms with Crippen molar-refractivity contribution in [1.29, 1.82) is 0 Å². The minimum absolute atomic E-state index is 0.134. The molecule has 1 heterocycles. The Kier molecular flexibility index (Phi) is 4.25. The first-order chi connectivity index (χ1) is 9.71. The number of nitrogens with zero attached hydrogens (tertiary/aromatic N) is 1. The van der Waals surface area contributed by atoms with Gasteiger partial charge in [0.05, 0.1) is 9.92 Å². The van der Waals surface area contributed by atoms with Crippen molar-refractivity contribution in [3.8, 4) is 0 Å². The number of sulfone groups is 1. The molecule has 0 saturated heterocycles. The third kappa shape index (κ3) is 3.19. The zero-order chi connectivity index (χ0) is 15.8. The predicted octanol–water partition coefficient (Wildman–Crippen LogP) is 1.26. The van der Waals surface area contributed by atoms with E-state index in [2.05, 4.69) is 4.98 Å². The average molecular weight is 330 g/mol. The molecule has 0 aliphatic heterocycles. The maximum absolute atomic E-state index is 12.3. The number of Topliss-reactive ketones (excluding diaryl/α,β-unsaturated/α-hetero) is 3. The molecule has 0 N–H and O–H groups in total. The van der Waals surface area contributed by atoms with Gasteiger partial charge < -0.3 is 0 Å². The SMILES string of the molecule is CS(=O)(=O)c1cnc(C(=O)C2C(=O)CCCC2=O)c(Cl)c1. The molecule has 1 saturated carbocycles. The molecular formula is C13H12ClNO5S. The highest BCUT2D eigenvalue weighted by Gasteiger charge is 2.38.